The van der Waals surface area contributed by atoms with Crippen molar-refractivity contribution in [2.45, 2.75) is 26.2 Å². The van der Waals surface area contributed by atoms with E-state index in [9.17, 15) is 9.59 Å². The Morgan fingerprint density at radius 3 is 2.55 bits per heavy atom. The van der Waals surface area contributed by atoms with Gasteiger partial charge in [0, 0.05) is 13.0 Å². The van der Waals surface area contributed by atoms with Gasteiger partial charge in [0.05, 0.1) is 12.2 Å². The molecule has 0 aliphatic rings. The summed E-state index contributed by atoms with van der Waals surface area (Å²) in [5.41, 5.74) is 1.79. The van der Waals surface area contributed by atoms with E-state index in [0.29, 0.717) is 18.6 Å². The third kappa shape index (κ3) is 5.97. The summed E-state index contributed by atoms with van der Waals surface area (Å²) < 4.78 is 4.95. The van der Waals surface area contributed by atoms with E-state index in [1.54, 1.807) is 19.1 Å². The lowest BCUT2D eigenvalue weighted by molar-refractivity contribution is -0.108. The molecule has 0 spiro atoms. The van der Waals surface area contributed by atoms with E-state index in [2.05, 4.69) is 11.9 Å². The normalized spacial score (nSPS) is 10.6. The maximum absolute atomic E-state index is 11.5. The number of esters is 1. The summed E-state index contributed by atoms with van der Waals surface area (Å²) in [5, 5.41) is 0. The van der Waals surface area contributed by atoms with Crippen molar-refractivity contribution in [2.75, 3.05) is 26.7 Å². The van der Waals surface area contributed by atoms with Gasteiger partial charge < -0.3 is 14.4 Å². The molecule has 0 fully saturated rings. The van der Waals surface area contributed by atoms with Crippen molar-refractivity contribution in [3.8, 4) is 0 Å². The van der Waals surface area contributed by atoms with E-state index in [4.69, 9.17) is 4.74 Å². The minimum atomic E-state index is -0.273. The molecule has 0 atom stereocenters. The van der Waals surface area contributed by atoms with E-state index in [0.717, 1.165) is 32.2 Å². The molecule has 1 aromatic carbocycles. The van der Waals surface area contributed by atoms with Crippen molar-refractivity contribution in [1.82, 2.24) is 4.90 Å². The lowest BCUT2D eigenvalue weighted by Gasteiger charge is -2.15. The van der Waals surface area contributed by atoms with E-state index < -0.39 is 0 Å². The summed E-state index contributed by atoms with van der Waals surface area (Å²) >= 11 is 0. The fourth-order valence-electron chi connectivity index (χ4n) is 1.90. The molecule has 20 heavy (non-hydrogen) atoms. The molecule has 0 unspecified atom stereocenters. The Balaban J connectivity index is 2.37. The van der Waals surface area contributed by atoms with Gasteiger partial charge >= 0.3 is 5.97 Å². The van der Waals surface area contributed by atoms with Crippen LogP contribution in [0, 0.1) is 0 Å². The van der Waals surface area contributed by atoms with E-state index in [1.165, 1.54) is 5.56 Å². The topological polar surface area (TPSA) is 46.6 Å². The summed E-state index contributed by atoms with van der Waals surface area (Å²) in [6.45, 7) is 4.07. The molecule has 0 aliphatic heterocycles. The highest BCUT2D eigenvalue weighted by Gasteiger charge is 2.06. The highest BCUT2D eigenvalue weighted by atomic mass is 16.5. The molecule has 0 aliphatic carbocycles. The van der Waals surface area contributed by atoms with Crippen LogP contribution in [0.3, 0.4) is 0 Å². The van der Waals surface area contributed by atoms with Crippen LogP contribution in [0.5, 0.6) is 0 Å². The summed E-state index contributed by atoms with van der Waals surface area (Å²) in [6.07, 6.45) is 3.42. The fourth-order valence-corrected chi connectivity index (χ4v) is 1.90. The summed E-state index contributed by atoms with van der Waals surface area (Å²) in [5.74, 6) is -0.273. The van der Waals surface area contributed by atoms with Gasteiger partial charge in [-0.05, 0) is 51.1 Å². The number of unbranched alkanes of at least 4 members (excludes halogenated alkanes) is 1. The lowest BCUT2D eigenvalue weighted by Crippen LogP contribution is -2.22. The fraction of sp³-hybridized carbons (Fsp3) is 0.500. The van der Waals surface area contributed by atoms with Gasteiger partial charge in [-0.2, -0.15) is 0 Å². The Morgan fingerprint density at radius 1 is 1.25 bits per heavy atom. The van der Waals surface area contributed by atoms with Gasteiger partial charge in [0.25, 0.3) is 0 Å². The molecule has 4 heteroatoms. The van der Waals surface area contributed by atoms with Gasteiger partial charge in [-0.25, -0.2) is 4.79 Å². The number of likely N-dealkylation sites (N-methyl/N-ethyl adjacent to an activating group) is 1. The molecule has 0 saturated carbocycles. The Bertz CT molecular complexity index is 414. The molecule has 0 heterocycles. The van der Waals surface area contributed by atoms with Crippen LogP contribution in [0.4, 0.5) is 0 Å². The second kappa shape index (κ2) is 9.26. The molecule has 4 nitrogen and oxygen atoms in total. The average molecular weight is 277 g/mol. The number of nitrogens with zero attached hydrogens (tertiary/aromatic N) is 1. The zero-order valence-corrected chi connectivity index (χ0v) is 12.3. The number of aldehydes is 1. The van der Waals surface area contributed by atoms with Crippen molar-refractivity contribution in [3.63, 3.8) is 0 Å². The quantitative estimate of drug-likeness (QED) is 0.395. The van der Waals surface area contributed by atoms with Crippen LogP contribution in [-0.4, -0.2) is 43.9 Å². The van der Waals surface area contributed by atoms with E-state index in [-0.39, 0.29) is 5.97 Å². The van der Waals surface area contributed by atoms with Crippen LogP contribution in [-0.2, 0) is 16.0 Å². The number of benzene rings is 1. The van der Waals surface area contributed by atoms with Gasteiger partial charge in [-0.3, -0.25) is 0 Å². The number of carbonyl (C=O) groups excluding carboxylic acids is 2. The summed E-state index contributed by atoms with van der Waals surface area (Å²) in [4.78, 5) is 24.0. The van der Waals surface area contributed by atoms with E-state index in [1.807, 2.05) is 12.1 Å². The molecule has 0 radical (unpaired) electrons. The molecule has 0 N–H and O–H groups in total. The smallest absolute Gasteiger partial charge is 0.338 e. The minimum absolute atomic E-state index is 0.273. The maximum atomic E-state index is 11.5. The molecule has 0 bridgehead atoms. The number of hydrogen-bond acceptors (Lipinski definition) is 4. The number of ether oxygens (including phenoxy) is 1. The van der Waals surface area contributed by atoms with Gasteiger partial charge in [0.2, 0.25) is 0 Å². The monoisotopic (exact) mass is 277 g/mol. The van der Waals surface area contributed by atoms with Crippen molar-refractivity contribution in [2.24, 2.45) is 0 Å². The predicted octanol–water partition coefficient (Wildman–Crippen LogP) is 2.32. The predicted molar refractivity (Wildman–Crippen MR) is 78.9 cm³/mol. The zero-order valence-electron chi connectivity index (χ0n) is 12.3. The maximum Gasteiger partial charge on any atom is 0.338 e. The number of carbonyl (C=O) groups is 2. The summed E-state index contributed by atoms with van der Waals surface area (Å²) in [6, 6.07) is 7.54. The molecule has 0 aromatic heterocycles. The standard InChI is InChI=1S/C16H23NO3/c1-3-20-16(19)15-8-6-14(7-9-15)10-12-17(2)11-4-5-13-18/h6-9,13H,3-5,10-12H2,1-2H3. The van der Waals surface area contributed by atoms with Crippen LogP contribution in [0.2, 0.25) is 0 Å². The van der Waals surface area contributed by atoms with Crippen LogP contribution >= 0.6 is 0 Å². The summed E-state index contributed by atoms with van der Waals surface area (Å²) in [7, 11) is 2.05. The Labute approximate surface area is 120 Å². The van der Waals surface area contributed by atoms with Gasteiger partial charge in [0.1, 0.15) is 6.29 Å². The molecular weight excluding hydrogens is 254 g/mol. The van der Waals surface area contributed by atoms with Crippen LogP contribution in [0.25, 0.3) is 0 Å². The largest absolute Gasteiger partial charge is 0.462 e. The first-order chi connectivity index (χ1) is 9.67. The van der Waals surface area contributed by atoms with Crippen molar-refractivity contribution in [3.05, 3.63) is 35.4 Å². The second-order valence-electron chi connectivity index (χ2n) is 4.78. The molecule has 110 valence electrons. The lowest BCUT2D eigenvalue weighted by atomic mass is 10.1. The third-order valence-electron chi connectivity index (χ3n) is 3.11. The Morgan fingerprint density at radius 2 is 1.95 bits per heavy atom. The Kier molecular flexibility index (Phi) is 7.58. The van der Waals surface area contributed by atoms with Crippen LogP contribution in [0.1, 0.15) is 35.7 Å². The van der Waals surface area contributed by atoms with Crippen molar-refractivity contribution >= 4 is 12.3 Å². The number of hydrogen-bond donors (Lipinski definition) is 0. The average Bonchev–Trinajstić information content (AvgIpc) is 2.46. The highest BCUT2D eigenvalue weighted by molar-refractivity contribution is 5.89. The molecule has 0 amide bonds. The van der Waals surface area contributed by atoms with Crippen LogP contribution in [0.15, 0.2) is 24.3 Å². The van der Waals surface area contributed by atoms with Gasteiger partial charge in [0.15, 0.2) is 0 Å². The van der Waals surface area contributed by atoms with E-state index >= 15 is 0 Å². The molecule has 0 saturated heterocycles. The van der Waals surface area contributed by atoms with Crippen LogP contribution < -0.4 is 0 Å². The first kappa shape index (κ1) is 16.4. The molecular formula is C16H23NO3. The second-order valence-corrected chi connectivity index (χ2v) is 4.78. The third-order valence-corrected chi connectivity index (χ3v) is 3.11. The SMILES string of the molecule is CCOC(=O)c1ccc(CCN(C)CCCC=O)cc1. The van der Waals surface area contributed by atoms with Gasteiger partial charge in [-0.1, -0.05) is 12.1 Å². The highest BCUT2D eigenvalue weighted by Crippen LogP contribution is 2.07. The Hall–Kier alpha value is -1.68. The van der Waals surface area contributed by atoms with Crippen molar-refractivity contribution in [1.29, 1.82) is 0 Å². The number of rotatable bonds is 9. The van der Waals surface area contributed by atoms with Gasteiger partial charge in [-0.15, -0.1) is 0 Å². The molecule has 1 aromatic rings. The van der Waals surface area contributed by atoms with Crippen molar-refractivity contribution < 1.29 is 14.3 Å². The minimum Gasteiger partial charge on any atom is -0.462 e. The first-order valence-electron chi connectivity index (χ1n) is 7.05. The molecule has 1 rings (SSSR count). The zero-order chi connectivity index (χ0) is 14.8. The first-order valence-corrected chi connectivity index (χ1v) is 7.05.